The van der Waals surface area contributed by atoms with Gasteiger partial charge in [-0.3, -0.25) is 0 Å². The molecule has 0 unspecified atom stereocenters. The highest BCUT2D eigenvalue weighted by Crippen LogP contribution is 2.48. The van der Waals surface area contributed by atoms with E-state index in [1.54, 1.807) is 11.8 Å². The first kappa shape index (κ1) is 34.8. The average Bonchev–Trinajstić information content (AvgIpc) is 3.32. The molecule has 10 aromatic rings. The minimum absolute atomic E-state index is 0.626. The molecular formula is C54H34N4S. The van der Waals surface area contributed by atoms with Gasteiger partial charge < -0.3 is 0 Å². The first-order chi connectivity index (χ1) is 29.2. The van der Waals surface area contributed by atoms with Gasteiger partial charge in [0.1, 0.15) is 5.03 Å². The van der Waals surface area contributed by atoms with Gasteiger partial charge in [-0.2, -0.15) is 0 Å². The van der Waals surface area contributed by atoms with E-state index in [1.165, 1.54) is 49.0 Å². The number of fused-ring (bicyclic) bond motifs is 2. The predicted octanol–water partition coefficient (Wildman–Crippen LogP) is 14.2. The van der Waals surface area contributed by atoms with Crippen molar-refractivity contribution in [3.8, 4) is 89.8 Å². The normalized spacial score (nSPS) is 11.7. The monoisotopic (exact) mass is 770 g/mol. The lowest BCUT2D eigenvalue weighted by Crippen LogP contribution is -2.00. The highest BCUT2D eigenvalue weighted by Gasteiger charge is 2.21. The summed E-state index contributed by atoms with van der Waals surface area (Å²) in [6, 6.07) is 70.4. The summed E-state index contributed by atoms with van der Waals surface area (Å²) in [6.07, 6.45) is 1.90. The quantitative estimate of drug-likeness (QED) is 0.162. The smallest absolute Gasteiger partial charge is 0.164 e. The lowest BCUT2D eigenvalue weighted by Gasteiger charge is -2.20. The molecule has 59 heavy (non-hydrogen) atoms. The summed E-state index contributed by atoms with van der Waals surface area (Å²) in [6.45, 7) is 0. The Kier molecular flexibility index (Phi) is 8.72. The van der Waals surface area contributed by atoms with Crippen LogP contribution in [0.15, 0.2) is 216 Å². The second-order valence-electron chi connectivity index (χ2n) is 14.7. The predicted molar refractivity (Wildman–Crippen MR) is 243 cm³/mol. The van der Waals surface area contributed by atoms with Crippen LogP contribution in [0.25, 0.3) is 101 Å². The molecular weight excluding hydrogens is 737 g/mol. The zero-order chi connectivity index (χ0) is 39.1. The van der Waals surface area contributed by atoms with Gasteiger partial charge in [-0.1, -0.05) is 188 Å². The molecule has 4 nitrogen and oxygen atoms in total. The van der Waals surface area contributed by atoms with Crippen LogP contribution in [-0.2, 0) is 0 Å². The second kappa shape index (κ2) is 14.8. The molecule has 0 aliphatic carbocycles. The molecule has 1 aliphatic rings. The van der Waals surface area contributed by atoms with Crippen LogP contribution in [0, 0.1) is 0 Å². The fraction of sp³-hybridized carbons (Fsp3) is 0. The van der Waals surface area contributed by atoms with Crippen LogP contribution >= 0.6 is 11.8 Å². The Labute approximate surface area is 347 Å². The molecule has 8 aromatic carbocycles. The van der Waals surface area contributed by atoms with Crippen molar-refractivity contribution in [2.24, 2.45) is 0 Å². The molecule has 276 valence electrons. The van der Waals surface area contributed by atoms with Gasteiger partial charge in [0.25, 0.3) is 0 Å². The van der Waals surface area contributed by atoms with Gasteiger partial charge in [0.05, 0.1) is 0 Å². The Morgan fingerprint density at radius 1 is 0.305 bits per heavy atom. The van der Waals surface area contributed by atoms with Gasteiger partial charge >= 0.3 is 0 Å². The third-order valence-corrected chi connectivity index (χ3v) is 12.1. The average molecular weight is 771 g/mol. The van der Waals surface area contributed by atoms with E-state index in [1.807, 2.05) is 18.3 Å². The van der Waals surface area contributed by atoms with E-state index in [4.69, 9.17) is 19.9 Å². The lowest BCUT2D eigenvalue weighted by atomic mass is 9.94. The summed E-state index contributed by atoms with van der Waals surface area (Å²) in [4.78, 5) is 21.2. The molecule has 0 saturated heterocycles. The maximum absolute atomic E-state index is 5.09. The van der Waals surface area contributed by atoms with E-state index < -0.39 is 0 Å². The topological polar surface area (TPSA) is 51.6 Å². The van der Waals surface area contributed by atoms with E-state index in [2.05, 4.69) is 188 Å². The van der Waals surface area contributed by atoms with E-state index in [9.17, 15) is 0 Å². The molecule has 0 amide bonds. The molecule has 0 fully saturated rings. The fourth-order valence-electron chi connectivity index (χ4n) is 7.95. The largest absolute Gasteiger partial charge is 0.249 e. The molecule has 0 bridgehead atoms. The standard InChI is InChI=1S/C54H34N4S/c1-3-9-35(10-4-1)37-21-25-42(26-22-37)51-56-52(43-27-23-38(24-28-43)36-11-5-2-6-12-36)58-53(57-51)46-15-7-14-44(33-46)39-17-19-40(20-18-39)45-29-30-49-48(34-45)47-16-8-13-41-31-32-55-54(59-49)50(41)47/h1-34H. The zero-order valence-electron chi connectivity index (χ0n) is 31.8. The highest BCUT2D eigenvalue weighted by molar-refractivity contribution is 7.99. The van der Waals surface area contributed by atoms with Gasteiger partial charge in [0.2, 0.25) is 0 Å². The minimum Gasteiger partial charge on any atom is -0.249 e. The van der Waals surface area contributed by atoms with Crippen LogP contribution in [0.1, 0.15) is 0 Å². The Balaban J connectivity index is 0.933. The Morgan fingerprint density at radius 2 is 0.746 bits per heavy atom. The van der Waals surface area contributed by atoms with E-state index in [-0.39, 0.29) is 0 Å². The summed E-state index contributed by atoms with van der Waals surface area (Å²) < 4.78 is 0. The SMILES string of the molecule is c1ccc(-c2ccc(-c3nc(-c4ccc(-c5ccccc5)cc4)nc(-c4cccc(-c5ccc(-c6ccc7c(c6)-c6cccc8ccnc(c68)S7)cc5)c4)n3)cc2)cc1. The summed E-state index contributed by atoms with van der Waals surface area (Å²) in [7, 11) is 0. The van der Waals surface area contributed by atoms with Crippen LogP contribution in [0.2, 0.25) is 0 Å². The van der Waals surface area contributed by atoms with Gasteiger partial charge in [-0.05, 0) is 85.3 Å². The van der Waals surface area contributed by atoms with Crippen LogP contribution in [0.4, 0.5) is 0 Å². The van der Waals surface area contributed by atoms with Crippen molar-refractivity contribution in [3.05, 3.63) is 206 Å². The molecule has 0 saturated carbocycles. The van der Waals surface area contributed by atoms with Gasteiger partial charge in [-0.15, -0.1) is 0 Å². The number of hydrogen-bond donors (Lipinski definition) is 0. The Hall–Kier alpha value is -7.47. The Bertz CT molecular complexity index is 3040. The maximum Gasteiger partial charge on any atom is 0.164 e. The van der Waals surface area contributed by atoms with Gasteiger partial charge in [0.15, 0.2) is 17.5 Å². The number of benzene rings is 8. The van der Waals surface area contributed by atoms with E-state index in [0.29, 0.717) is 17.5 Å². The summed E-state index contributed by atoms with van der Waals surface area (Å²) in [5, 5.41) is 3.53. The summed E-state index contributed by atoms with van der Waals surface area (Å²) in [5.74, 6) is 1.89. The molecule has 0 N–H and O–H groups in total. The molecule has 11 rings (SSSR count). The van der Waals surface area contributed by atoms with E-state index in [0.717, 1.165) is 44.0 Å². The first-order valence-electron chi connectivity index (χ1n) is 19.7. The van der Waals surface area contributed by atoms with Gasteiger partial charge in [0, 0.05) is 33.2 Å². The Morgan fingerprint density at radius 3 is 1.34 bits per heavy atom. The molecule has 1 aliphatic heterocycles. The van der Waals surface area contributed by atoms with Crippen molar-refractivity contribution in [1.82, 2.24) is 19.9 Å². The second-order valence-corrected chi connectivity index (χ2v) is 15.7. The van der Waals surface area contributed by atoms with Crippen molar-refractivity contribution in [2.75, 3.05) is 0 Å². The first-order valence-corrected chi connectivity index (χ1v) is 20.5. The van der Waals surface area contributed by atoms with Crippen LogP contribution in [-0.4, -0.2) is 19.9 Å². The van der Waals surface area contributed by atoms with Crippen molar-refractivity contribution in [2.45, 2.75) is 9.92 Å². The number of nitrogens with zero attached hydrogens (tertiary/aromatic N) is 4. The van der Waals surface area contributed by atoms with Crippen molar-refractivity contribution >= 4 is 22.5 Å². The van der Waals surface area contributed by atoms with Crippen LogP contribution in [0.3, 0.4) is 0 Å². The molecule has 3 heterocycles. The molecule has 2 aromatic heterocycles. The molecule has 0 spiro atoms. The number of rotatable bonds is 7. The lowest BCUT2D eigenvalue weighted by molar-refractivity contribution is 1.07. The third kappa shape index (κ3) is 6.67. The van der Waals surface area contributed by atoms with E-state index >= 15 is 0 Å². The van der Waals surface area contributed by atoms with Crippen LogP contribution < -0.4 is 0 Å². The van der Waals surface area contributed by atoms with Crippen molar-refractivity contribution < 1.29 is 0 Å². The number of pyridine rings is 1. The van der Waals surface area contributed by atoms with Crippen LogP contribution in [0.5, 0.6) is 0 Å². The number of hydrogen-bond acceptors (Lipinski definition) is 5. The van der Waals surface area contributed by atoms with Crippen molar-refractivity contribution in [1.29, 1.82) is 0 Å². The third-order valence-electron chi connectivity index (χ3n) is 11.0. The molecule has 0 atom stereocenters. The highest BCUT2D eigenvalue weighted by atomic mass is 32.2. The fourth-order valence-corrected chi connectivity index (χ4v) is 9.02. The maximum atomic E-state index is 5.09. The van der Waals surface area contributed by atoms with Crippen molar-refractivity contribution in [3.63, 3.8) is 0 Å². The minimum atomic E-state index is 0.626. The zero-order valence-corrected chi connectivity index (χ0v) is 32.6. The number of aromatic nitrogens is 4. The molecule has 0 radical (unpaired) electrons. The summed E-state index contributed by atoms with van der Waals surface area (Å²) in [5.41, 5.74) is 14.5. The molecule has 5 heteroatoms. The van der Waals surface area contributed by atoms with Gasteiger partial charge in [-0.25, -0.2) is 19.9 Å². The summed E-state index contributed by atoms with van der Waals surface area (Å²) >= 11 is 1.75.